The molecule has 50 heavy (non-hydrogen) atoms. The second-order valence-corrected chi connectivity index (χ2v) is 15.4. The van der Waals surface area contributed by atoms with Crippen molar-refractivity contribution in [3.63, 3.8) is 0 Å². The summed E-state index contributed by atoms with van der Waals surface area (Å²) in [6.07, 6.45) is 0.670. The Bertz CT molecular complexity index is 2370. The first-order chi connectivity index (χ1) is 24.6. The first kappa shape index (κ1) is 30.5. The molecule has 0 bridgehead atoms. The number of hydrogen-bond donors (Lipinski definition) is 2. The van der Waals surface area contributed by atoms with Crippen molar-refractivity contribution in [1.82, 2.24) is 15.0 Å². The van der Waals surface area contributed by atoms with Gasteiger partial charge in [0.05, 0.1) is 20.6 Å². The summed E-state index contributed by atoms with van der Waals surface area (Å²) in [6.45, 7) is 0. The number of para-hydroxylation sites is 2. The first-order valence-electron chi connectivity index (χ1n) is 17.3. The molecule has 1 unspecified atom stereocenters. The standard InChI is InChI=1S/C45H38N4Si/c46-45(31-32-12-3-1-4-13-32,36-24-26-37(27-25-36)48-42-20-9-7-18-40(42)41-19-8-10-21-43(41)48)49-44(47-49)35-15-11-14-34(30-35)33-22-28-39(29-23-33)50-38-16-5-2-6-17-38/h1-30,44,47H,31,46,50H2/t44?,45-,49-/m1/s1. The summed E-state index contributed by atoms with van der Waals surface area (Å²) < 4.78 is 2.35. The highest BCUT2D eigenvalue weighted by atomic mass is 28.2. The van der Waals surface area contributed by atoms with E-state index in [4.69, 9.17) is 5.73 Å². The summed E-state index contributed by atoms with van der Waals surface area (Å²) in [5, 5.41) is 7.65. The molecule has 1 saturated heterocycles. The fourth-order valence-electron chi connectivity index (χ4n) is 7.54. The molecule has 1 aliphatic rings. The van der Waals surface area contributed by atoms with Crippen molar-refractivity contribution in [2.45, 2.75) is 18.2 Å². The van der Waals surface area contributed by atoms with Gasteiger partial charge in [0, 0.05) is 22.9 Å². The lowest BCUT2D eigenvalue weighted by molar-refractivity contribution is 0.200. The van der Waals surface area contributed by atoms with Crippen molar-refractivity contribution < 1.29 is 0 Å². The van der Waals surface area contributed by atoms with E-state index in [2.05, 4.69) is 197 Å². The van der Waals surface area contributed by atoms with E-state index >= 15 is 0 Å². The molecule has 1 aromatic heterocycles. The van der Waals surface area contributed by atoms with Gasteiger partial charge in [0.1, 0.15) is 11.8 Å². The summed E-state index contributed by atoms with van der Waals surface area (Å²) in [4.78, 5) is 0. The lowest BCUT2D eigenvalue weighted by Crippen LogP contribution is -2.47. The minimum Gasteiger partial charge on any atom is -0.309 e. The maximum absolute atomic E-state index is 7.52. The van der Waals surface area contributed by atoms with Gasteiger partial charge < -0.3 is 10.3 Å². The SMILES string of the molecule is N[C@@](Cc1ccccc1)(c1ccc(-n2c3ccccc3c3ccccc32)cc1)[N@]1NC1c1cccc(-c2ccc([SiH2]c3ccccc3)cc2)c1. The van der Waals surface area contributed by atoms with E-state index < -0.39 is 15.2 Å². The Labute approximate surface area is 295 Å². The fraction of sp³-hybridized carbons (Fsp3) is 0.0667. The molecule has 0 saturated carbocycles. The van der Waals surface area contributed by atoms with Crippen LogP contribution in [-0.4, -0.2) is 19.1 Å². The van der Waals surface area contributed by atoms with Crippen LogP contribution in [0.4, 0.5) is 0 Å². The zero-order chi connectivity index (χ0) is 33.5. The smallest absolute Gasteiger partial charge is 0.114 e. The Hall–Kier alpha value is -5.56. The molecule has 3 N–H and O–H groups in total. The van der Waals surface area contributed by atoms with Gasteiger partial charge >= 0.3 is 0 Å². The van der Waals surface area contributed by atoms with Crippen molar-refractivity contribution in [1.29, 1.82) is 0 Å². The van der Waals surface area contributed by atoms with Crippen LogP contribution < -0.4 is 21.5 Å². The van der Waals surface area contributed by atoms with Crippen LogP contribution in [0.2, 0.25) is 0 Å². The number of hydrogen-bond acceptors (Lipinski definition) is 3. The number of rotatable bonds is 9. The maximum Gasteiger partial charge on any atom is 0.114 e. The molecule has 1 fully saturated rings. The Morgan fingerprint density at radius 2 is 1.16 bits per heavy atom. The molecule has 5 heteroatoms. The third kappa shape index (κ3) is 5.66. The zero-order valence-corrected chi connectivity index (χ0v) is 29.2. The van der Waals surface area contributed by atoms with Gasteiger partial charge in [0.25, 0.3) is 0 Å². The van der Waals surface area contributed by atoms with Gasteiger partial charge in [-0.3, -0.25) is 0 Å². The van der Waals surface area contributed by atoms with E-state index in [1.807, 2.05) is 0 Å². The molecule has 4 nitrogen and oxygen atoms in total. The predicted molar refractivity (Wildman–Crippen MR) is 211 cm³/mol. The molecule has 9 rings (SSSR count). The van der Waals surface area contributed by atoms with Gasteiger partial charge in [-0.25, -0.2) is 5.43 Å². The number of fused-ring (bicyclic) bond motifs is 3. The molecule has 0 aliphatic carbocycles. The minimum absolute atomic E-state index is 0.00503. The summed E-state index contributed by atoms with van der Waals surface area (Å²) in [5.41, 5.74) is 19.8. The first-order valence-corrected chi connectivity index (χ1v) is 18.8. The van der Waals surface area contributed by atoms with Crippen molar-refractivity contribution in [3.05, 3.63) is 199 Å². The molecule has 0 spiro atoms. The Morgan fingerprint density at radius 1 is 0.560 bits per heavy atom. The predicted octanol–water partition coefficient (Wildman–Crippen LogP) is 7.44. The minimum atomic E-state index is -0.773. The van der Waals surface area contributed by atoms with Gasteiger partial charge in [-0.2, -0.15) is 5.01 Å². The zero-order valence-electron chi connectivity index (χ0n) is 27.8. The van der Waals surface area contributed by atoms with Crippen molar-refractivity contribution >= 4 is 41.7 Å². The topological polar surface area (TPSA) is 55.9 Å². The van der Waals surface area contributed by atoms with Gasteiger partial charge in [-0.05, 0) is 58.1 Å². The lowest BCUT2D eigenvalue weighted by atomic mass is 9.91. The van der Waals surface area contributed by atoms with E-state index in [1.54, 1.807) is 0 Å². The van der Waals surface area contributed by atoms with E-state index in [0.29, 0.717) is 6.42 Å². The van der Waals surface area contributed by atoms with Crippen LogP contribution in [0.1, 0.15) is 22.9 Å². The Kier molecular flexibility index (Phi) is 7.75. The molecule has 0 radical (unpaired) electrons. The second-order valence-electron chi connectivity index (χ2n) is 13.4. The molecule has 2 heterocycles. The average molecular weight is 663 g/mol. The third-order valence-corrected chi connectivity index (χ3v) is 11.9. The number of hydrazine groups is 1. The molecule has 0 amide bonds. The van der Waals surface area contributed by atoms with Crippen LogP contribution in [0.5, 0.6) is 0 Å². The van der Waals surface area contributed by atoms with Crippen LogP contribution in [0.3, 0.4) is 0 Å². The van der Waals surface area contributed by atoms with Crippen molar-refractivity contribution in [2.75, 3.05) is 0 Å². The number of nitrogens with zero attached hydrogens (tertiary/aromatic N) is 2. The van der Waals surface area contributed by atoms with Gasteiger partial charge in [0.2, 0.25) is 0 Å². The largest absolute Gasteiger partial charge is 0.309 e. The van der Waals surface area contributed by atoms with Crippen LogP contribution in [0.25, 0.3) is 38.6 Å². The fourth-order valence-corrected chi connectivity index (χ4v) is 8.99. The van der Waals surface area contributed by atoms with E-state index in [-0.39, 0.29) is 6.17 Å². The summed E-state index contributed by atoms with van der Waals surface area (Å²) in [6, 6.07) is 65.5. The molecule has 7 aromatic carbocycles. The number of benzene rings is 7. The summed E-state index contributed by atoms with van der Waals surface area (Å²) >= 11 is 0. The summed E-state index contributed by atoms with van der Waals surface area (Å²) in [5.74, 6) is 0. The Balaban J connectivity index is 1.02. The number of aromatic nitrogens is 1. The quantitative estimate of drug-likeness (QED) is 0.125. The normalized spacial score (nSPS) is 17.0. The third-order valence-electron chi connectivity index (χ3n) is 10.1. The van der Waals surface area contributed by atoms with E-state index in [9.17, 15) is 0 Å². The highest BCUT2D eigenvalue weighted by Crippen LogP contribution is 2.42. The van der Waals surface area contributed by atoms with Crippen LogP contribution in [0.15, 0.2) is 182 Å². The van der Waals surface area contributed by atoms with Crippen molar-refractivity contribution in [2.24, 2.45) is 5.73 Å². The van der Waals surface area contributed by atoms with Gasteiger partial charge in [-0.1, -0.05) is 162 Å². The highest BCUT2D eigenvalue weighted by Gasteiger charge is 2.49. The molecule has 242 valence electrons. The van der Waals surface area contributed by atoms with E-state index in [0.717, 1.165) is 11.3 Å². The molecule has 1 aliphatic heterocycles. The van der Waals surface area contributed by atoms with Crippen LogP contribution in [-0.2, 0) is 12.1 Å². The highest BCUT2D eigenvalue weighted by molar-refractivity contribution is 6.67. The van der Waals surface area contributed by atoms with Gasteiger partial charge in [-0.15, -0.1) is 0 Å². The van der Waals surface area contributed by atoms with Crippen LogP contribution >= 0.6 is 0 Å². The monoisotopic (exact) mass is 662 g/mol. The molecular weight excluding hydrogens is 625 g/mol. The van der Waals surface area contributed by atoms with Crippen molar-refractivity contribution in [3.8, 4) is 16.8 Å². The molecular formula is C45H38N4Si. The number of nitrogens with one attached hydrogen (secondary N) is 1. The second kappa shape index (κ2) is 12.7. The van der Waals surface area contributed by atoms with Gasteiger partial charge in [0.15, 0.2) is 0 Å². The molecule has 8 aromatic rings. The van der Waals surface area contributed by atoms with Crippen LogP contribution in [0, 0.1) is 0 Å². The number of nitrogens with two attached hydrogens (primary N) is 1. The maximum atomic E-state index is 7.52. The Morgan fingerprint density at radius 3 is 1.84 bits per heavy atom. The molecule has 3 atom stereocenters. The van der Waals surface area contributed by atoms with E-state index in [1.165, 1.54) is 54.4 Å². The average Bonchev–Trinajstić information content (AvgIpc) is 3.93. The lowest BCUT2D eigenvalue weighted by Gasteiger charge is -2.31. The summed E-state index contributed by atoms with van der Waals surface area (Å²) in [7, 11) is -0.480.